The van der Waals surface area contributed by atoms with E-state index in [2.05, 4.69) is 17.1 Å². The van der Waals surface area contributed by atoms with Crippen LogP contribution in [0.1, 0.15) is 58.3 Å². The fourth-order valence-corrected chi connectivity index (χ4v) is 4.58. The van der Waals surface area contributed by atoms with Crippen LogP contribution in [0.2, 0.25) is 0 Å². The molecular weight excluding hydrogens is 236 g/mol. The molecular formula is C16H30N2O. The van der Waals surface area contributed by atoms with E-state index in [1.807, 2.05) is 0 Å². The number of likely N-dealkylation sites (N-methyl/N-ethyl adjacent to an activating group) is 1. The lowest BCUT2D eigenvalue weighted by atomic mass is 9.87. The summed E-state index contributed by atoms with van der Waals surface area (Å²) in [4.78, 5) is 2.79. The average molecular weight is 266 g/mol. The second-order valence-electron chi connectivity index (χ2n) is 6.72. The molecule has 0 aromatic carbocycles. The van der Waals surface area contributed by atoms with Crippen LogP contribution in [0.4, 0.5) is 0 Å². The lowest BCUT2D eigenvalue weighted by Gasteiger charge is -2.46. The molecule has 2 saturated heterocycles. The molecule has 3 aliphatic rings. The molecule has 1 aliphatic carbocycles. The number of nitrogens with zero attached hydrogens (tertiary/aromatic N) is 1. The Kier molecular flexibility index (Phi) is 4.45. The molecule has 2 unspecified atom stereocenters. The lowest BCUT2D eigenvalue weighted by molar-refractivity contribution is -0.107. The first kappa shape index (κ1) is 13.8. The zero-order valence-corrected chi connectivity index (χ0v) is 12.5. The second kappa shape index (κ2) is 6.11. The van der Waals surface area contributed by atoms with Gasteiger partial charge in [0, 0.05) is 25.2 Å². The monoisotopic (exact) mass is 266 g/mol. The molecule has 3 nitrogen and oxygen atoms in total. The predicted octanol–water partition coefficient (Wildman–Crippen LogP) is 2.55. The first-order valence-electron chi connectivity index (χ1n) is 8.43. The predicted molar refractivity (Wildman–Crippen MR) is 78.4 cm³/mol. The van der Waals surface area contributed by atoms with Crippen molar-refractivity contribution >= 4 is 0 Å². The molecule has 0 radical (unpaired) electrons. The maximum absolute atomic E-state index is 6.20. The molecule has 0 aromatic heterocycles. The number of ether oxygens (including phenoxy) is 1. The Balaban J connectivity index is 1.64. The van der Waals surface area contributed by atoms with Crippen LogP contribution in [0.3, 0.4) is 0 Å². The minimum absolute atomic E-state index is 0.262. The van der Waals surface area contributed by atoms with Gasteiger partial charge in [-0.25, -0.2) is 0 Å². The molecule has 3 heteroatoms. The van der Waals surface area contributed by atoms with Gasteiger partial charge in [0.25, 0.3) is 0 Å². The van der Waals surface area contributed by atoms with Crippen LogP contribution < -0.4 is 5.32 Å². The Morgan fingerprint density at radius 2 is 2.00 bits per heavy atom. The van der Waals surface area contributed by atoms with Gasteiger partial charge in [-0.2, -0.15) is 0 Å². The molecule has 1 spiro atoms. The topological polar surface area (TPSA) is 24.5 Å². The first-order chi connectivity index (χ1) is 9.33. The van der Waals surface area contributed by atoms with E-state index in [0.717, 1.165) is 18.7 Å². The zero-order chi connectivity index (χ0) is 13.1. The van der Waals surface area contributed by atoms with Gasteiger partial charge in [0.15, 0.2) is 0 Å². The summed E-state index contributed by atoms with van der Waals surface area (Å²) in [6, 6.07) is 1.53. The molecule has 2 heterocycles. The smallest absolute Gasteiger partial charge is 0.0697 e. The lowest BCUT2D eigenvalue weighted by Crippen LogP contribution is -2.54. The van der Waals surface area contributed by atoms with Gasteiger partial charge < -0.3 is 10.1 Å². The maximum atomic E-state index is 6.20. The normalized spacial score (nSPS) is 35.1. The molecule has 2 atom stereocenters. The summed E-state index contributed by atoms with van der Waals surface area (Å²) in [5.41, 5.74) is 0.262. The highest BCUT2D eigenvalue weighted by Gasteiger charge is 2.42. The number of piperidine rings is 1. The molecule has 3 rings (SSSR count). The maximum Gasteiger partial charge on any atom is 0.0697 e. The average Bonchev–Trinajstić information content (AvgIpc) is 2.89. The van der Waals surface area contributed by atoms with Crippen molar-refractivity contribution in [3.63, 3.8) is 0 Å². The van der Waals surface area contributed by atoms with E-state index in [0.29, 0.717) is 0 Å². The van der Waals surface area contributed by atoms with E-state index in [4.69, 9.17) is 4.74 Å². The van der Waals surface area contributed by atoms with Gasteiger partial charge in [-0.15, -0.1) is 0 Å². The number of hydrogen-bond acceptors (Lipinski definition) is 3. The van der Waals surface area contributed by atoms with Crippen LogP contribution in [-0.2, 0) is 4.74 Å². The highest BCUT2D eigenvalue weighted by Crippen LogP contribution is 2.41. The molecule has 0 amide bonds. The largest absolute Gasteiger partial charge is 0.375 e. The molecule has 3 fully saturated rings. The van der Waals surface area contributed by atoms with Gasteiger partial charge in [-0.05, 0) is 51.6 Å². The van der Waals surface area contributed by atoms with Gasteiger partial charge in [-0.1, -0.05) is 19.8 Å². The quantitative estimate of drug-likeness (QED) is 0.849. The highest BCUT2D eigenvalue weighted by atomic mass is 16.5. The minimum Gasteiger partial charge on any atom is -0.375 e. The van der Waals surface area contributed by atoms with Crippen molar-refractivity contribution in [2.45, 2.75) is 76.0 Å². The van der Waals surface area contributed by atoms with Gasteiger partial charge in [-0.3, -0.25) is 4.90 Å². The first-order valence-corrected chi connectivity index (χ1v) is 8.43. The Morgan fingerprint density at radius 3 is 2.68 bits per heavy atom. The summed E-state index contributed by atoms with van der Waals surface area (Å²) in [6.45, 7) is 6.93. The molecule has 0 aromatic rings. The van der Waals surface area contributed by atoms with E-state index in [1.165, 1.54) is 71.0 Å². The van der Waals surface area contributed by atoms with E-state index < -0.39 is 0 Å². The van der Waals surface area contributed by atoms with Crippen molar-refractivity contribution in [1.82, 2.24) is 10.2 Å². The van der Waals surface area contributed by atoms with Crippen LogP contribution >= 0.6 is 0 Å². The Morgan fingerprint density at radius 1 is 1.16 bits per heavy atom. The van der Waals surface area contributed by atoms with Crippen LogP contribution in [0.25, 0.3) is 0 Å². The Hall–Kier alpha value is -0.120. The standard InChI is InChI=1S/C16H30N2O/c1-2-18(15-6-5-10-17-13-15)14-7-11-19-16(12-14)8-3-4-9-16/h14-15,17H,2-13H2,1H3. The Bertz CT molecular complexity index is 282. The van der Waals surface area contributed by atoms with Crippen molar-refractivity contribution in [2.24, 2.45) is 0 Å². The summed E-state index contributed by atoms with van der Waals surface area (Å²) in [7, 11) is 0. The number of nitrogens with one attached hydrogen (secondary N) is 1. The van der Waals surface area contributed by atoms with E-state index in [1.54, 1.807) is 0 Å². The summed E-state index contributed by atoms with van der Waals surface area (Å²) in [6.07, 6.45) is 10.6. The van der Waals surface area contributed by atoms with Crippen LogP contribution in [0, 0.1) is 0 Å². The summed E-state index contributed by atoms with van der Waals surface area (Å²) >= 11 is 0. The fraction of sp³-hybridized carbons (Fsp3) is 1.00. The third-order valence-corrected chi connectivity index (χ3v) is 5.56. The van der Waals surface area contributed by atoms with Gasteiger partial charge in [0.2, 0.25) is 0 Å². The van der Waals surface area contributed by atoms with Crippen molar-refractivity contribution < 1.29 is 4.74 Å². The fourth-order valence-electron chi connectivity index (χ4n) is 4.58. The SMILES string of the molecule is CCN(C1CCCNC1)C1CCOC2(CCCC2)C1. The molecule has 2 aliphatic heterocycles. The minimum atomic E-state index is 0.262. The molecule has 1 N–H and O–H groups in total. The van der Waals surface area contributed by atoms with Crippen molar-refractivity contribution in [3.8, 4) is 0 Å². The van der Waals surface area contributed by atoms with Crippen molar-refractivity contribution in [3.05, 3.63) is 0 Å². The zero-order valence-electron chi connectivity index (χ0n) is 12.5. The highest BCUT2D eigenvalue weighted by molar-refractivity contribution is 4.95. The molecule has 110 valence electrons. The Labute approximate surface area is 118 Å². The van der Waals surface area contributed by atoms with Crippen molar-refractivity contribution in [1.29, 1.82) is 0 Å². The molecule has 1 saturated carbocycles. The second-order valence-corrected chi connectivity index (χ2v) is 6.72. The van der Waals surface area contributed by atoms with Gasteiger partial charge in [0.1, 0.15) is 0 Å². The summed E-state index contributed by atoms with van der Waals surface area (Å²) in [5.74, 6) is 0. The van der Waals surface area contributed by atoms with E-state index in [-0.39, 0.29) is 5.60 Å². The molecule has 0 bridgehead atoms. The van der Waals surface area contributed by atoms with Crippen molar-refractivity contribution in [2.75, 3.05) is 26.2 Å². The number of rotatable bonds is 3. The van der Waals surface area contributed by atoms with E-state index >= 15 is 0 Å². The van der Waals surface area contributed by atoms with Crippen LogP contribution in [0.15, 0.2) is 0 Å². The summed E-state index contributed by atoms with van der Waals surface area (Å²) in [5, 5.41) is 3.58. The third-order valence-electron chi connectivity index (χ3n) is 5.56. The van der Waals surface area contributed by atoms with Gasteiger partial charge in [0.05, 0.1) is 5.60 Å². The summed E-state index contributed by atoms with van der Waals surface area (Å²) < 4.78 is 6.20. The van der Waals surface area contributed by atoms with E-state index in [9.17, 15) is 0 Å². The number of hydrogen-bond donors (Lipinski definition) is 1. The third kappa shape index (κ3) is 2.98. The van der Waals surface area contributed by atoms with Crippen LogP contribution in [0.5, 0.6) is 0 Å². The molecule has 19 heavy (non-hydrogen) atoms. The van der Waals surface area contributed by atoms with Crippen LogP contribution in [-0.4, -0.2) is 48.8 Å². The van der Waals surface area contributed by atoms with Gasteiger partial charge >= 0.3 is 0 Å².